The zero-order chi connectivity index (χ0) is 12.4. The Bertz CT molecular complexity index is 561. The average molecular weight is 230 g/mol. The Hall–Kier alpha value is -2.49. The van der Waals surface area contributed by atoms with Crippen molar-refractivity contribution in [3.63, 3.8) is 0 Å². The summed E-state index contributed by atoms with van der Waals surface area (Å²) in [7, 11) is 0. The van der Waals surface area contributed by atoms with Crippen molar-refractivity contribution in [2.45, 2.75) is 0 Å². The van der Waals surface area contributed by atoms with Crippen molar-refractivity contribution in [1.82, 2.24) is 0 Å². The molecule has 0 saturated heterocycles. The maximum absolute atomic E-state index is 10.9. The van der Waals surface area contributed by atoms with Crippen LogP contribution in [0.4, 0.5) is 0 Å². The number of aromatic carboxylic acids is 1. The molecule has 0 radical (unpaired) electrons. The van der Waals surface area contributed by atoms with Crippen molar-refractivity contribution in [2.75, 3.05) is 0 Å². The Morgan fingerprint density at radius 1 is 1.00 bits per heavy atom. The van der Waals surface area contributed by atoms with Gasteiger partial charge in [0.25, 0.3) is 0 Å². The maximum Gasteiger partial charge on any atom is 0.335 e. The van der Waals surface area contributed by atoms with E-state index >= 15 is 0 Å². The number of phenolic OH excluding ortho intramolecular Hbond substituents is 2. The van der Waals surface area contributed by atoms with E-state index in [0.29, 0.717) is 11.1 Å². The molecule has 0 amide bonds. The van der Waals surface area contributed by atoms with E-state index in [1.165, 1.54) is 6.07 Å². The van der Waals surface area contributed by atoms with Crippen LogP contribution in [0.1, 0.15) is 10.4 Å². The van der Waals surface area contributed by atoms with E-state index in [-0.39, 0.29) is 11.3 Å². The molecule has 0 unspecified atom stereocenters. The Kier molecular flexibility index (Phi) is 2.70. The first kappa shape index (κ1) is 11.0. The molecule has 0 saturated carbocycles. The minimum Gasteiger partial charge on any atom is -0.504 e. The number of rotatable bonds is 2. The van der Waals surface area contributed by atoms with Crippen molar-refractivity contribution in [2.24, 2.45) is 0 Å². The third kappa shape index (κ3) is 2.06. The van der Waals surface area contributed by atoms with E-state index in [2.05, 4.69) is 0 Å². The van der Waals surface area contributed by atoms with E-state index in [1.54, 1.807) is 30.3 Å². The third-order valence-electron chi connectivity index (χ3n) is 2.42. The molecule has 0 atom stereocenters. The topological polar surface area (TPSA) is 77.8 Å². The third-order valence-corrected chi connectivity index (χ3v) is 2.42. The molecule has 0 aliphatic carbocycles. The van der Waals surface area contributed by atoms with Crippen LogP contribution in [0.25, 0.3) is 11.1 Å². The molecule has 4 heteroatoms. The molecule has 0 bridgehead atoms. The van der Waals surface area contributed by atoms with Gasteiger partial charge in [-0.3, -0.25) is 0 Å². The molecule has 17 heavy (non-hydrogen) atoms. The Balaban J connectivity index is 2.65. The highest BCUT2D eigenvalue weighted by molar-refractivity contribution is 5.91. The minimum atomic E-state index is -1.16. The second-order valence-corrected chi connectivity index (χ2v) is 3.56. The number of hydrogen-bond donors (Lipinski definition) is 3. The summed E-state index contributed by atoms with van der Waals surface area (Å²) in [6, 6.07) is 11.1. The molecule has 86 valence electrons. The van der Waals surface area contributed by atoms with Gasteiger partial charge in [0.1, 0.15) is 0 Å². The zero-order valence-corrected chi connectivity index (χ0v) is 8.79. The maximum atomic E-state index is 10.9. The van der Waals surface area contributed by atoms with Crippen LogP contribution in [-0.4, -0.2) is 21.3 Å². The minimum absolute atomic E-state index is 0.0702. The molecule has 2 aromatic rings. The molecule has 0 spiro atoms. The van der Waals surface area contributed by atoms with Crippen molar-refractivity contribution in [3.05, 3.63) is 48.0 Å². The summed E-state index contributed by atoms with van der Waals surface area (Å²) < 4.78 is 0. The lowest BCUT2D eigenvalue weighted by molar-refractivity contribution is 0.0696. The summed E-state index contributed by atoms with van der Waals surface area (Å²) >= 11 is 0. The highest BCUT2D eigenvalue weighted by atomic mass is 16.4. The zero-order valence-electron chi connectivity index (χ0n) is 8.79. The lowest BCUT2D eigenvalue weighted by Gasteiger charge is -2.08. The molecule has 4 nitrogen and oxygen atoms in total. The molecule has 0 aliphatic rings. The molecule has 2 aromatic carbocycles. The highest BCUT2D eigenvalue weighted by Gasteiger charge is 2.14. The normalized spacial score (nSPS) is 10.1. The van der Waals surface area contributed by atoms with Gasteiger partial charge in [-0.15, -0.1) is 0 Å². The first-order valence-electron chi connectivity index (χ1n) is 4.94. The predicted molar refractivity (Wildman–Crippen MR) is 62.2 cm³/mol. The summed E-state index contributed by atoms with van der Waals surface area (Å²) in [6.45, 7) is 0. The second-order valence-electron chi connectivity index (χ2n) is 3.56. The van der Waals surface area contributed by atoms with Crippen molar-refractivity contribution in [1.29, 1.82) is 0 Å². The van der Waals surface area contributed by atoms with E-state index in [0.717, 1.165) is 6.07 Å². The van der Waals surface area contributed by atoms with Crippen LogP contribution in [-0.2, 0) is 0 Å². The van der Waals surface area contributed by atoms with E-state index in [1.807, 2.05) is 0 Å². The largest absolute Gasteiger partial charge is 0.504 e. The van der Waals surface area contributed by atoms with E-state index in [4.69, 9.17) is 5.11 Å². The summed E-state index contributed by atoms with van der Waals surface area (Å²) in [5.41, 5.74) is 0.866. The van der Waals surface area contributed by atoms with Gasteiger partial charge in [-0.25, -0.2) is 4.79 Å². The molecule has 3 N–H and O–H groups in total. The summed E-state index contributed by atoms with van der Waals surface area (Å²) in [6.07, 6.45) is 0. The smallest absolute Gasteiger partial charge is 0.335 e. The first-order chi connectivity index (χ1) is 8.09. The second kappa shape index (κ2) is 4.17. The quantitative estimate of drug-likeness (QED) is 0.692. The number of phenols is 2. The fourth-order valence-electron chi connectivity index (χ4n) is 1.58. The summed E-state index contributed by atoms with van der Waals surface area (Å²) in [5.74, 6) is -1.91. The molecule has 0 aromatic heterocycles. The molecular formula is C13H10O4. The fourth-order valence-corrected chi connectivity index (χ4v) is 1.58. The van der Waals surface area contributed by atoms with Gasteiger partial charge in [-0.05, 0) is 17.7 Å². The van der Waals surface area contributed by atoms with Gasteiger partial charge < -0.3 is 15.3 Å². The summed E-state index contributed by atoms with van der Waals surface area (Å²) in [4.78, 5) is 10.9. The van der Waals surface area contributed by atoms with Gasteiger partial charge in [-0.2, -0.15) is 0 Å². The first-order valence-corrected chi connectivity index (χ1v) is 4.94. The Morgan fingerprint density at radius 3 is 2.24 bits per heavy atom. The number of aromatic hydroxyl groups is 2. The Morgan fingerprint density at radius 2 is 1.65 bits per heavy atom. The Labute approximate surface area is 97.4 Å². The van der Waals surface area contributed by atoms with Gasteiger partial charge >= 0.3 is 5.97 Å². The van der Waals surface area contributed by atoms with Crippen LogP contribution in [0.3, 0.4) is 0 Å². The number of hydrogen-bond acceptors (Lipinski definition) is 3. The van der Waals surface area contributed by atoms with Crippen molar-refractivity contribution >= 4 is 5.97 Å². The van der Waals surface area contributed by atoms with E-state index in [9.17, 15) is 15.0 Å². The van der Waals surface area contributed by atoms with Crippen LogP contribution >= 0.6 is 0 Å². The number of benzene rings is 2. The lowest BCUT2D eigenvalue weighted by atomic mass is 10.0. The molecule has 2 rings (SSSR count). The van der Waals surface area contributed by atoms with Crippen molar-refractivity contribution < 1.29 is 20.1 Å². The van der Waals surface area contributed by atoms with Gasteiger partial charge in [-0.1, -0.05) is 30.3 Å². The molecule has 0 heterocycles. The molecule has 0 aliphatic heterocycles. The van der Waals surface area contributed by atoms with Crippen LogP contribution in [0.2, 0.25) is 0 Å². The lowest BCUT2D eigenvalue weighted by Crippen LogP contribution is -1.96. The number of carboxylic acids is 1. The molecular weight excluding hydrogens is 220 g/mol. The van der Waals surface area contributed by atoms with Gasteiger partial charge in [0, 0.05) is 5.56 Å². The van der Waals surface area contributed by atoms with E-state index < -0.39 is 11.7 Å². The van der Waals surface area contributed by atoms with Crippen molar-refractivity contribution in [3.8, 4) is 22.6 Å². The van der Waals surface area contributed by atoms with Gasteiger partial charge in [0.05, 0.1) is 5.56 Å². The van der Waals surface area contributed by atoms with Crippen LogP contribution < -0.4 is 0 Å². The van der Waals surface area contributed by atoms with Gasteiger partial charge in [0.2, 0.25) is 0 Å². The monoisotopic (exact) mass is 230 g/mol. The van der Waals surface area contributed by atoms with Crippen LogP contribution in [0.5, 0.6) is 11.5 Å². The van der Waals surface area contributed by atoms with Crippen LogP contribution in [0, 0.1) is 0 Å². The fraction of sp³-hybridized carbons (Fsp3) is 0. The summed E-state index contributed by atoms with van der Waals surface area (Å²) in [5, 5.41) is 28.1. The highest BCUT2D eigenvalue weighted by Crippen LogP contribution is 2.37. The number of carbonyl (C=O) groups is 1. The van der Waals surface area contributed by atoms with Gasteiger partial charge in [0.15, 0.2) is 11.5 Å². The average Bonchev–Trinajstić information content (AvgIpc) is 2.33. The SMILES string of the molecule is O=C(O)c1cc(O)c(O)c(-c2ccccc2)c1. The predicted octanol–water partition coefficient (Wildman–Crippen LogP) is 2.46. The van der Waals surface area contributed by atoms with Crippen LogP contribution in [0.15, 0.2) is 42.5 Å². The number of carboxylic acid groups (broad SMARTS) is 1. The molecule has 0 fully saturated rings. The standard InChI is InChI=1S/C13H10O4/c14-11-7-9(13(16)17)6-10(12(11)15)8-4-2-1-3-5-8/h1-7,14-15H,(H,16,17).